The number of nitrogens with zero attached hydrogens (tertiary/aromatic N) is 2. The summed E-state index contributed by atoms with van der Waals surface area (Å²) in [6.07, 6.45) is 2.23. The summed E-state index contributed by atoms with van der Waals surface area (Å²) >= 11 is 0. The Balaban J connectivity index is 1.85. The summed E-state index contributed by atoms with van der Waals surface area (Å²) < 4.78 is 18.2. The predicted octanol–water partition coefficient (Wildman–Crippen LogP) is 2.85. The lowest BCUT2D eigenvalue weighted by Gasteiger charge is -2.33. The average molecular weight is 337 g/mol. The number of pyridine rings is 1. The zero-order valence-corrected chi connectivity index (χ0v) is 14.3. The number of Topliss-reactive ketones (excluding diaryl/α,β-unsaturated/α-hetero) is 1. The van der Waals surface area contributed by atoms with E-state index in [-0.39, 0.29) is 24.3 Å². The number of ketones is 1. The van der Waals surface area contributed by atoms with Crippen molar-refractivity contribution in [2.75, 3.05) is 25.0 Å². The summed E-state index contributed by atoms with van der Waals surface area (Å²) in [7, 11) is 0. The summed E-state index contributed by atoms with van der Waals surface area (Å²) in [5.74, 6) is -0.190. The largest absolute Gasteiger partial charge is 0.444 e. The van der Waals surface area contributed by atoms with Crippen LogP contribution in [0.4, 0.5) is 15.0 Å². The topological polar surface area (TPSA) is 71.5 Å². The molecule has 0 aromatic carbocycles. The molecule has 1 aromatic heterocycles. The molecule has 1 aliphatic rings. The Kier molecular flexibility index (Phi) is 5.75. The van der Waals surface area contributed by atoms with Gasteiger partial charge >= 0.3 is 6.09 Å². The van der Waals surface area contributed by atoms with Gasteiger partial charge in [0.1, 0.15) is 17.2 Å². The van der Waals surface area contributed by atoms with Gasteiger partial charge in [0.05, 0.1) is 12.7 Å². The van der Waals surface area contributed by atoms with E-state index in [0.29, 0.717) is 18.9 Å². The molecule has 1 aliphatic heterocycles. The van der Waals surface area contributed by atoms with Gasteiger partial charge in [0.15, 0.2) is 5.78 Å². The maximum Gasteiger partial charge on any atom is 0.410 e. The standard InChI is InChI=1S/C17H24FN3O3/c1-17(2,3)24-16(23)21-8-4-5-12(11-21)14(22)10-20-15-7-6-13(18)9-19-15/h6-7,9,12H,4-5,8,10-11H2,1-3H3,(H,19,20)/t12-/m0/s1. The summed E-state index contributed by atoms with van der Waals surface area (Å²) in [6.45, 7) is 6.52. The van der Waals surface area contributed by atoms with Crippen LogP contribution in [0.2, 0.25) is 0 Å². The maximum absolute atomic E-state index is 12.8. The third-order valence-electron chi connectivity index (χ3n) is 3.70. The first kappa shape index (κ1) is 18.2. The van der Waals surface area contributed by atoms with Crippen molar-refractivity contribution in [3.8, 4) is 0 Å². The van der Waals surface area contributed by atoms with Crippen LogP contribution in [-0.4, -0.2) is 47.0 Å². The van der Waals surface area contributed by atoms with Crippen molar-refractivity contribution >= 4 is 17.7 Å². The lowest BCUT2D eigenvalue weighted by molar-refractivity contribution is -0.122. The molecule has 1 aromatic rings. The van der Waals surface area contributed by atoms with Crippen LogP contribution in [0, 0.1) is 11.7 Å². The number of aromatic nitrogens is 1. The van der Waals surface area contributed by atoms with E-state index in [1.807, 2.05) is 20.8 Å². The number of piperidine rings is 1. The highest BCUT2D eigenvalue weighted by molar-refractivity contribution is 5.85. The Bertz CT molecular complexity index is 584. The fraction of sp³-hybridized carbons (Fsp3) is 0.588. The number of carbonyl (C=O) groups is 2. The average Bonchev–Trinajstić information content (AvgIpc) is 2.52. The van der Waals surface area contributed by atoms with Crippen molar-refractivity contribution in [1.29, 1.82) is 0 Å². The second-order valence-electron chi connectivity index (χ2n) is 6.95. The number of nitrogens with one attached hydrogen (secondary N) is 1. The van der Waals surface area contributed by atoms with E-state index in [9.17, 15) is 14.0 Å². The summed E-state index contributed by atoms with van der Waals surface area (Å²) in [6, 6.07) is 2.77. The van der Waals surface area contributed by atoms with Crippen molar-refractivity contribution in [3.63, 3.8) is 0 Å². The van der Waals surface area contributed by atoms with E-state index < -0.39 is 11.4 Å². The van der Waals surface area contributed by atoms with Crippen molar-refractivity contribution in [2.45, 2.75) is 39.2 Å². The molecular weight excluding hydrogens is 313 g/mol. The van der Waals surface area contributed by atoms with Crippen LogP contribution in [-0.2, 0) is 9.53 Å². The van der Waals surface area contributed by atoms with Gasteiger partial charge < -0.3 is 15.0 Å². The molecule has 2 heterocycles. The second-order valence-corrected chi connectivity index (χ2v) is 6.95. The van der Waals surface area contributed by atoms with Gasteiger partial charge in [0, 0.05) is 19.0 Å². The minimum Gasteiger partial charge on any atom is -0.444 e. The van der Waals surface area contributed by atoms with E-state index in [2.05, 4.69) is 10.3 Å². The van der Waals surface area contributed by atoms with Crippen LogP contribution < -0.4 is 5.32 Å². The van der Waals surface area contributed by atoms with Crippen LogP contribution in [0.5, 0.6) is 0 Å². The second kappa shape index (κ2) is 7.59. The van der Waals surface area contributed by atoms with Gasteiger partial charge in [0.2, 0.25) is 0 Å². The number of hydrogen-bond acceptors (Lipinski definition) is 5. The molecule has 0 bridgehead atoms. The molecule has 1 saturated heterocycles. The molecule has 1 amide bonds. The molecule has 1 fully saturated rings. The number of amides is 1. The van der Waals surface area contributed by atoms with E-state index >= 15 is 0 Å². The van der Waals surface area contributed by atoms with E-state index in [4.69, 9.17) is 4.74 Å². The number of carbonyl (C=O) groups excluding carboxylic acids is 2. The van der Waals surface area contributed by atoms with Crippen LogP contribution in [0.25, 0.3) is 0 Å². The lowest BCUT2D eigenvalue weighted by Crippen LogP contribution is -2.45. The predicted molar refractivity (Wildman–Crippen MR) is 88.2 cm³/mol. The molecule has 0 spiro atoms. The molecule has 0 saturated carbocycles. The van der Waals surface area contributed by atoms with Crippen LogP contribution in [0.15, 0.2) is 18.3 Å². The highest BCUT2D eigenvalue weighted by Gasteiger charge is 2.30. The number of anilines is 1. The lowest BCUT2D eigenvalue weighted by atomic mass is 9.94. The number of rotatable bonds is 4. The molecule has 2 rings (SSSR count). The first-order valence-corrected chi connectivity index (χ1v) is 8.10. The minimum atomic E-state index is -0.552. The van der Waals surface area contributed by atoms with Gasteiger partial charge in [-0.2, -0.15) is 0 Å². The monoisotopic (exact) mass is 337 g/mol. The van der Waals surface area contributed by atoms with Gasteiger partial charge in [0.25, 0.3) is 0 Å². The summed E-state index contributed by atoms with van der Waals surface area (Å²) in [5, 5.41) is 2.89. The van der Waals surface area contributed by atoms with Gasteiger partial charge in [-0.1, -0.05) is 0 Å². The smallest absolute Gasteiger partial charge is 0.410 e. The van der Waals surface area contributed by atoms with Gasteiger partial charge in [-0.05, 0) is 45.7 Å². The zero-order valence-electron chi connectivity index (χ0n) is 14.3. The van der Waals surface area contributed by atoms with Gasteiger partial charge in [-0.25, -0.2) is 14.2 Å². The van der Waals surface area contributed by atoms with Crippen molar-refractivity contribution in [2.24, 2.45) is 5.92 Å². The number of likely N-dealkylation sites (tertiary alicyclic amines) is 1. The van der Waals surface area contributed by atoms with Crippen molar-refractivity contribution < 1.29 is 18.7 Å². The number of hydrogen-bond donors (Lipinski definition) is 1. The molecule has 1 N–H and O–H groups in total. The van der Waals surface area contributed by atoms with Crippen LogP contribution in [0.1, 0.15) is 33.6 Å². The molecule has 0 aliphatic carbocycles. The molecule has 7 heteroatoms. The third kappa shape index (κ3) is 5.47. The molecular formula is C17H24FN3O3. The minimum absolute atomic E-state index is 0.00869. The van der Waals surface area contributed by atoms with Crippen molar-refractivity contribution in [1.82, 2.24) is 9.88 Å². The first-order valence-electron chi connectivity index (χ1n) is 8.10. The quantitative estimate of drug-likeness (QED) is 0.915. The number of ether oxygens (including phenoxy) is 1. The normalized spacial score (nSPS) is 18.2. The fourth-order valence-corrected chi connectivity index (χ4v) is 2.53. The summed E-state index contributed by atoms with van der Waals surface area (Å²) in [5.41, 5.74) is -0.552. The Morgan fingerprint density at radius 3 is 2.79 bits per heavy atom. The van der Waals surface area contributed by atoms with E-state index in [1.54, 1.807) is 4.90 Å². The first-order chi connectivity index (χ1) is 11.2. The van der Waals surface area contributed by atoms with Gasteiger partial charge in [-0.3, -0.25) is 4.79 Å². The Hall–Kier alpha value is -2.18. The van der Waals surface area contributed by atoms with E-state index in [0.717, 1.165) is 19.0 Å². The number of halogens is 1. The molecule has 0 radical (unpaired) electrons. The molecule has 132 valence electrons. The highest BCUT2D eigenvalue weighted by Crippen LogP contribution is 2.20. The van der Waals surface area contributed by atoms with Gasteiger partial charge in [-0.15, -0.1) is 0 Å². The maximum atomic E-state index is 12.8. The van der Waals surface area contributed by atoms with Crippen LogP contribution in [0.3, 0.4) is 0 Å². The Morgan fingerprint density at radius 2 is 2.17 bits per heavy atom. The third-order valence-corrected chi connectivity index (χ3v) is 3.70. The highest BCUT2D eigenvalue weighted by atomic mass is 19.1. The molecule has 0 unspecified atom stereocenters. The Morgan fingerprint density at radius 1 is 1.42 bits per heavy atom. The van der Waals surface area contributed by atoms with Crippen molar-refractivity contribution in [3.05, 3.63) is 24.1 Å². The van der Waals surface area contributed by atoms with E-state index in [1.165, 1.54) is 12.1 Å². The zero-order chi connectivity index (χ0) is 17.7. The fourth-order valence-electron chi connectivity index (χ4n) is 2.53. The Labute approximate surface area is 141 Å². The molecule has 6 nitrogen and oxygen atoms in total. The molecule has 1 atom stereocenters. The van der Waals surface area contributed by atoms with Crippen LogP contribution >= 0.6 is 0 Å². The molecule has 24 heavy (non-hydrogen) atoms. The summed E-state index contributed by atoms with van der Waals surface area (Å²) in [4.78, 5) is 29.9. The SMILES string of the molecule is CC(C)(C)OC(=O)N1CCC[C@H](C(=O)CNc2ccc(F)cn2)C1.